The highest BCUT2D eigenvalue weighted by atomic mass is 16.5. The third kappa shape index (κ3) is 4.58. The fraction of sp³-hybridized carbons (Fsp3) is 0.647. The van der Waals surface area contributed by atoms with Gasteiger partial charge in [0.05, 0.1) is 12.7 Å². The molecule has 1 aromatic heterocycles. The predicted octanol–water partition coefficient (Wildman–Crippen LogP) is 2.27. The minimum Gasteiger partial charge on any atom is -0.465 e. The van der Waals surface area contributed by atoms with Crippen molar-refractivity contribution in [2.24, 2.45) is 0 Å². The zero-order chi connectivity index (χ0) is 17.7. The van der Waals surface area contributed by atoms with Gasteiger partial charge in [-0.15, -0.1) is 0 Å². The van der Waals surface area contributed by atoms with Gasteiger partial charge in [0.25, 0.3) is 5.91 Å². The lowest BCUT2D eigenvalue weighted by molar-refractivity contribution is 0.0599. The van der Waals surface area contributed by atoms with E-state index in [1.54, 1.807) is 13.8 Å². The van der Waals surface area contributed by atoms with Crippen molar-refractivity contribution in [3.05, 3.63) is 22.5 Å². The van der Waals surface area contributed by atoms with Gasteiger partial charge in [-0.3, -0.25) is 9.69 Å². The number of ether oxygens (including phenoxy) is 1. The van der Waals surface area contributed by atoms with Crippen LogP contribution >= 0.6 is 0 Å². The molecule has 1 heterocycles. The predicted molar refractivity (Wildman–Crippen MR) is 90.9 cm³/mol. The van der Waals surface area contributed by atoms with E-state index in [1.807, 2.05) is 0 Å². The third-order valence-electron chi connectivity index (χ3n) is 4.04. The lowest BCUT2D eigenvalue weighted by Crippen LogP contribution is -2.42. The summed E-state index contributed by atoms with van der Waals surface area (Å²) in [7, 11) is 1.33. The maximum Gasteiger partial charge on any atom is 0.339 e. The van der Waals surface area contributed by atoms with Gasteiger partial charge in [-0.2, -0.15) is 0 Å². The van der Waals surface area contributed by atoms with Crippen molar-refractivity contribution in [3.63, 3.8) is 0 Å². The smallest absolute Gasteiger partial charge is 0.339 e. The van der Waals surface area contributed by atoms with Gasteiger partial charge in [0, 0.05) is 30.9 Å². The van der Waals surface area contributed by atoms with E-state index in [4.69, 9.17) is 4.74 Å². The molecule has 0 atom stereocenters. The molecule has 0 aliphatic heterocycles. The van der Waals surface area contributed by atoms with Crippen molar-refractivity contribution in [1.82, 2.24) is 15.2 Å². The fourth-order valence-electron chi connectivity index (χ4n) is 2.88. The molecule has 6 nitrogen and oxygen atoms in total. The van der Waals surface area contributed by atoms with Crippen molar-refractivity contribution in [2.45, 2.75) is 53.6 Å². The average molecular weight is 323 g/mol. The second-order valence-electron chi connectivity index (χ2n) is 6.30. The Bertz CT molecular complexity index is 554. The Kier molecular flexibility index (Phi) is 6.81. The molecule has 0 saturated heterocycles. The number of aromatic nitrogens is 1. The van der Waals surface area contributed by atoms with Crippen LogP contribution in [-0.4, -0.2) is 54.0 Å². The molecular formula is C17H29N3O3. The molecule has 6 heteroatoms. The summed E-state index contributed by atoms with van der Waals surface area (Å²) in [6.07, 6.45) is 0. The van der Waals surface area contributed by atoms with Crippen LogP contribution in [0.15, 0.2) is 0 Å². The largest absolute Gasteiger partial charge is 0.465 e. The van der Waals surface area contributed by atoms with E-state index in [9.17, 15) is 9.59 Å². The zero-order valence-corrected chi connectivity index (χ0v) is 15.2. The highest BCUT2D eigenvalue weighted by molar-refractivity contribution is 6.00. The number of nitrogens with one attached hydrogen (secondary N) is 2. The van der Waals surface area contributed by atoms with Gasteiger partial charge in [-0.25, -0.2) is 4.79 Å². The molecule has 23 heavy (non-hydrogen) atoms. The third-order valence-corrected chi connectivity index (χ3v) is 4.04. The molecule has 0 aromatic carbocycles. The molecule has 130 valence electrons. The molecule has 0 unspecified atom stereocenters. The zero-order valence-electron chi connectivity index (χ0n) is 15.2. The first kappa shape index (κ1) is 19.2. The number of carbonyl (C=O) groups excluding carboxylic acids is 2. The monoisotopic (exact) mass is 323 g/mol. The van der Waals surface area contributed by atoms with Gasteiger partial charge >= 0.3 is 5.97 Å². The highest BCUT2D eigenvalue weighted by Gasteiger charge is 2.22. The topological polar surface area (TPSA) is 74.4 Å². The van der Waals surface area contributed by atoms with E-state index in [0.29, 0.717) is 41.1 Å². The minimum absolute atomic E-state index is 0.201. The number of H-pyrrole nitrogens is 1. The van der Waals surface area contributed by atoms with E-state index < -0.39 is 5.97 Å². The Balaban J connectivity index is 2.75. The van der Waals surface area contributed by atoms with Crippen LogP contribution in [0.3, 0.4) is 0 Å². The molecule has 1 rings (SSSR count). The number of hydrogen-bond donors (Lipinski definition) is 2. The summed E-state index contributed by atoms with van der Waals surface area (Å²) in [5.41, 5.74) is 2.12. The maximum absolute atomic E-state index is 12.4. The summed E-state index contributed by atoms with van der Waals surface area (Å²) >= 11 is 0. The van der Waals surface area contributed by atoms with Crippen molar-refractivity contribution >= 4 is 11.9 Å². The van der Waals surface area contributed by atoms with E-state index in [-0.39, 0.29) is 5.91 Å². The van der Waals surface area contributed by atoms with Crippen LogP contribution in [0.25, 0.3) is 0 Å². The van der Waals surface area contributed by atoms with Crippen LogP contribution in [0.5, 0.6) is 0 Å². The molecule has 0 aliphatic carbocycles. The Morgan fingerprint density at radius 3 is 2.22 bits per heavy atom. The molecule has 1 aromatic rings. The van der Waals surface area contributed by atoms with Crippen molar-refractivity contribution < 1.29 is 14.3 Å². The molecule has 0 spiro atoms. The SMILES string of the molecule is COC(=O)c1c(C)[nH]c(C(=O)NCCN(C(C)C)C(C)C)c1C. The van der Waals surface area contributed by atoms with Gasteiger partial charge in [0.15, 0.2) is 0 Å². The summed E-state index contributed by atoms with van der Waals surface area (Å²) < 4.78 is 4.76. The van der Waals surface area contributed by atoms with Crippen LogP contribution < -0.4 is 5.32 Å². The molecule has 0 saturated carbocycles. The summed E-state index contributed by atoms with van der Waals surface area (Å²) in [6, 6.07) is 0.847. The first-order chi connectivity index (χ1) is 10.7. The molecule has 0 fully saturated rings. The normalized spacial score (nSPS) is 11.4. The van der Waals surface area contributed by atoms with Crippen LogP contribution in [0.2, 0.25) is 0 Å². The molecule has 0 radical (unpaired) electrons. The van der Waals surface area contributed by atoms with Gasteiger partial charge in [-0.1, -0.05) is 0 Å². The van der Waals surface area contributed by atoms with Crippen LogP contribution in [0, 0.1) is 13.8 Å². The summed E-state index contributed by atoms with van der Waals surface area (Å²) in [5.74, 6) is -0.630. The second-order valence-corrected chi connectivity index (χ2v) is 6.30. The van der Waals surface area contributed by atoms with Crippen molar-refractivity contribution in [3.8, 4) is 0 Å². The first-order valence-electron chi connectivity index (χ1n) is 8.02. The quantitative estimate of drug-likeness (QED) is 0.755. The van der Waals surface area contributed by atoms with E-state index >= 15 is 0 Å². The van der Waals surface area contributed by atoms with Gasteiger partial charge in [-0.05, 0) is 47.1 Å². The lowest BCUT2D eigenvalue weighted by Gasteiger charge is -2.30. The number of methoxy groups -OCH3 is 1. The number of nitrogens with zero attached hydrogens (tertiary/aromatic N) is 1. The average Bonchev–Trinajstić information content (AvgIpc) is 2.76. The van der Waals surface area contributed by atoms with E-state index in [2.05, 4.69) is 42.9 Å². The lowest BCUT2D eigenvalue weighted by atomic mass is 10.1. The Hall–Kier alpha value is -1.82. The van der Waals surface area contributed by atoms with Crippen LogP contribution in [-0.2, 0) is 4.74 Å². The molecular weight excluding hydrogens is 294 g/mol. The number of carbonyl (C=O) groups is 2. The fourth-order valence-corrected chi connectivity index (χ4v) is 2.88. The summed E-state index contributed by atoms with van der Waals surface area (Å²) in [4.78, 5) is 29.4. The number of rotatable bonds is 7. The Morgan fingerprint density at radius 2 is 1.74 bits per heavy atom. The molecule has 0 bridgehead atoms. The number of aryl methyl sites for hydroxylation is 1. The number of amides is 1. The Labute approximate surface area is 138 Å². The van der Waals surface area contributed by atoms with Gasteiger partial charge in [0.1, 0.15) is 5.69 Å². The minimum atomic E-state index is -0.430. The van der Waals surface area contributed by atoms with Crippen molar-refractivity contribution in [2.75, 3.05) is 20.2 Å². The molecule has 0 aliphatic rings. The maximum atomic E-state index is 12.4. The Morgan fingerprint density at radius 1 is 1.17 bits per heavy atom. The van der Waals surface area contributed by atoms with Gasteiger partial charge in [0.2, 0.25) is 0 Å². The number of aromatic amines is 1. The molecule has 1 amide bonds. The van der Waals surface area contributed by atoms with E-state index in [1.165, 1.54) is 7.11 Å². The summed E-state index contributed by atoms with van der Waals surface area (Å²) in [6.45, 7) is 13.4. The summed E-state index contributed by atoms with van der Waals surface area (Å²) in [5, 5.41) is 2.91. The van der Waals surface area contributed by atoms with Gasteiger partial charge < -0.3 is 15.0 Å². The van der Waals surface area contributed by atoms with Crippen LogP contribution in [0.4, 0.5) is 0 Å². The number of esters is 1. The van der Waals surface area contributed by atoms with Crippen molar-refractivity contribution in [1.29, 1.82) is 0 Å². The highest BCUT2D eigenvalue weighted by Crippen LogP contribution is 2.18. The standard InChI is InChI=1S/C17H29N3O3/c1-10(2)20(11(3)4)9-8-18-16(21)15-12(5)14(13(6)19-15)17(22)23-7/h10-11,19H,8-9H2,1-7H3,(H,18,21). The molecule has 2 N–H and O–H groups in total. The van der Waals surface area contributed by atoms with Crippen LogP contribution in [0.1, 0.15) is 59.8 Å². The second kappa shape index (κ2) is 8.15. The first-order valence-corrected chi connectivity index (χ1v) is 8.02. The number of hydrogen-bond acceptors (Lipinski definition) is 4. The van der Waals surface area contributed by atoms with E-state index in [0.717, 1.165) is 6.54 Å².